The van der Waals surface area contributed by atoms with Gasteiger partial charge in [-0.1, -0.05) is 0 Å². The van der Waals surface area contributed by atoms with Crippen molar-refractivity contribution < 1.29 is 27.0 Å². The lowest BCUT2D eigenvalue weighted by Crippen LogP contribution is -2.50. The molecule has 0 aromatic carbocycles. The van der Waals surface area contributed by atoms with E-state index in [4.69, 9.17) is 4.55 Å². The second-order valence-electron chi connectivity index (χ2n) is 4.28. The Bertz CT molecular complexity index is 693. The first-order chi connectivity index (χ1) is 9.78. The van der Waals surface area contributed by atoms with Gasteiger partial charge in [0.1, 0.15) is 11.4 Å². The number of aryl methyl sites for hydroxylation is 1. The fraction of sp³-hybridized carbons (Fsp3) is 0.400. The van der Waals surface area contributed by atoms with Gasteiger partial charge in [-0.25, -0.2) is 9.18 Å². The van der Waals surface area contributed by atoms with E-state index in [9.17, 15) is 22.4 Å². The molecule has 0 atom stereocenters. The van der Waals surface area contributed by atoms with Gasteiger partial charge >= 0.3 is 6.03 Å². The Morgan fingerprint density at radius 1 is 1.43 bits per heavy atom. The summed E-state index contributed by atoms with van der Waals surface area (Å²) >= 11 is 0. The third-order valence-electron chi connectivity index (χ3n) is 2.78. The van der Waals surface area contributed by atoms with Gasteiger partial charge in [0, 0.05) is 19.4 Å². The number of halogens is 1. The average molecular weight is 318 g/mol. The summed E-state index contributed by atoms with van der Waals surface area (Å²) < 4.78 is 44.2. The number of hydrogen-bond donors (Lipinski definition) is 2. The molecule has 1 aliphatic heterocycles. The van der Waals surface area contributed by atoms with Crippen molar-refractivity contribution in [3.63, 3.8) is 0 Å². The molecular formula is C10H11FN4O5S. The first-order valence-corrected chi connectivity index (χ1v) is 7.45. The highest BCUT2D eigenvalue weighted by Crippen LogP contribution is 2.22. The van der Waals surface area contributed by atoms with Gasteiger partial charge in [0.25, 0.3) is 10.1 Å². The zero-order valence-corrected chi connectivity index (χ0v) is 11.4. The van der Waals surface area contributed by atoms with Gasteiger partial charge in [0.15, 0.2) is 5.82 Å². The van der Waals surface area contributed by atoms with E-state index in [0.717, 1.165) is 11.1 Å². The van der Waals surface area contributed by atoms with Crippen LogP contribution >= 0.6 is 0 Å². The normalized spacial score (nSPS) is 16.0. The van der Waals surface area contributed by atoms with E-state index < -0.39 is 33.6 Å². The van der Waals surface area contributed by atoms with Crippen molar-refractivity contribution >= 4 is 27.7 Å². The second-order valence-corrected chi connectivity index (χ2v) is 5.85. The van der Waals surface area contributed by atoms with E-state index in [2.05, 4.69) is 10.2 Å². The maximum Gasteiger partial charge on any atom is 0.328 e. The summed E-state index contributed by atoms with van der Waals surface area (Å²) in [5.41, 5.74) is -0.504. The van der Waals surface area contributed by atoms with E-state index in [-0.39, 0.29) is 30.8 Å². The molecule has 0 saturated carbocycles. The van der Waals surface area contributed by atoms with Gasteiger partial charge < -0.3 is 0 Å². The molecule has 0 bridgehead atoms. The maximum absolute atomic E-state index is 14.2. The van der Waals surface area contributed by atoms with Gasteiger partial charge in [0.2, 0.25) is 5.91 Å². The fourth-order valence-electron chi connectivity index (χ4n) is 1.77. The van der Waals surface area contributed by atoms with Crippen LogP contribution in [0.25, 0.3) is 0 Å². The quantitative estimate of drug-likeness (QED) is 0.715. The lowest BCUT2D eigenvalue weighted by Gasteiger charge is -2.26. The van der Waals surface area contributed by atoms with Crippen LogP contribution in [0.4, 0.5) is 14.9 Å². The Kier molecular flexibility index (Phi) is 4.14. The van der Waals surface area contributed by atoms with Crippen LogP contribution in [-0.2, 0) is 21.3 Å². The number of carbonyl (C=O) groups excluding carboxylic acids is 2. The Morgan fingerprint density at radius 2 is 2.14 bits per heavy atom. The largest absolute Gasteiger partial charge is 0.328 e. The number of rotatable bonds is 4. The van der Waals surface area contributed by atoms with Crippen LogP contribution in [0.15, 0.2) is 6.20 Å². The zero-order valence-electron chi connectivity index (χ0n) is 10.6. The number of nitrogens with one attached hydrogen (secondary N) is 1. The van der Waals surface area contributed by atoms with E-state index >= 15 is 0 Å². The van der Waals surface area contributed by atoms with Crippen molar-refractivity contribution in [2.45, 2.75) is 12.8 Å². The summed E-state index contributed by atoms with van der Waals surface area (Å²) in [5.74, 6) is -2.10. The summed E-state index contributed by atoms with van der Waals surface area (Å²) in [6, 6.07) is -0.793. The van der Waals surface area contributed by atoms with Crippen molar-refractivity contribution in [1.82, 2.24) is 15.5 Å². The molecule has 11 heteroatoms. The lowest BCUT2D eigenvalue weighted by molar-refractivity contribution is -0.120. The third kappa shape index (κ3) is 3.70. The fourth-order valence-corrected chi connectivity index (χ4v) is 2.22. The monoisotopic (exact) mass is 318 g/mol. The van der Waals surface area contributed by atoms with Crippen LogP contribution in [0.1, 0.15) is 12.1 Å². The third-order valence-corrected chi connectivity index (χ3v) is 3.50. The van der Waals surface area contributed by atoms with Crippen LogP contribution < -0.4 is 10.2 Å². The Hall–Kier alpha value is -2.14. The number of amides is 3. The van der Waals surface area contributed by atoms with Crippen molar-refractivity contribution in [3.8, 4) is 0 Å². The lowest BCUT2D eigenvalue weighted by atomic mass is 10.2. The minimum atomic E-state index is -4.27. The molecule has 1 saturated heterocycles. The number of hydrogen-bond acceptors (Lipinski definition) is 6. The van der Waals surface area contributed by atoms with Crippen molar-refractivity contribution in [3.05, 3.63) is 17.7 Å². The highest BCUT2D eigenvalue weighted by atomic mass is 32.2. The number of carbonyl (C=O) groups is 2. The summed E-state index contributed by atoms with van der Waals surface area (Å²) in [4.78, 5) is 23.6. The highest BCUT2D eigenvalue weighted by Gasteiger charge is 2.28. The first-order valence-electron chi connectivity index (χ1n) is 5.84. The number of urea groups is 1. The molecule has 1 aromatic rings. The van der Waals surface area contributed by atoms with E-state index in [1.165, 1.54) is 0 Å². The number of aromatic nitrogens is 2. The van der Waals surface area contributed by atoms with Gasteiger partial charge in [-0.2, -0.15) is 18.6 Å². The Balaban J connectivity index is 2.25. The minimum Gasteiger partial charge on any atom is -0.289 e. The molecule has 0 spiro atoms. The molecule has 1 aliphatic rings. The predicted molar refractivity (Wildman–Crippen MR) is 67.6 cm³/mol. The molecule has 0 aliphatic carbocycles. The summed E-state index contributed by atoms with van der Waals surface area (Å²) in [6.45, 7) is -0.0228. The number of nitrogens with zero attached hydrogens (tertiary/aromatic N) is 3. The zero-order chi connectivity index (χ0) is 15.6. The van der Waals surface area contributed by atoms with Crippen molar-refractivity contribution in [2.75, 3.05) is 17.2 Å². The second kappa shape index (κ2) is 5.69. The summed E-state index contributed by atoms with van der Waals surface area (Å²) in [7, 11) is -4.27. The SMILES string of the molecule is O=C1CCN(c2cnnc(CCS(=O)(=O)O)c2F)C(=O)N1. The van der Waals surface area contributed by atoms with Crippen molar-refractivity contribution in [1.29, 1.82) is 0 Å². The van der Waals surface area contributed by atoms with E-state index in [1.807, 2.05) is 5.32 Å². The van der Waals surface area contributed by atoms with Gasteiger partial charge in [0.05, 0.1) is 11.9 Å². The maximum atomic E-state index is 14.2. The summed E-state index contributed by atoms with van der Waals surface area (Å²) in [5, 5.41) is 8.98. The molecule has 2 heterocycles. The van der Waals surface area contributed by atoms with E-state index in [1.54, 1.807) is 0 Å². The molecule has 114 valence electrons. The summed E-state index contributed by atoms with van der Waals surface area (Å²) in [6.07, 6.45) is 0.620. The molecular weight excluding hydrogens is 307 g/mol. The molecule has 21 heavy (non-hydrogen) atoms. The van der Waals surface area contributed by atoms with Crippen LogP contribution in [0.2, 0.25) is 0 Å². The topological polar surface area (TPSA) is 130 Å². The van der Waals surface area contributed by atoms with Gasteiger partial charge in [-0.3, -0.25) is 19.6 Å². The average Bonchev–Trinajstić information content (AvgIpc) is 2.37. The molecule has 2 rings (SSSR count). The molecule has 0 radical (unpaired) electrons. The highest BCUT2D eigenvalue weighted by molar-refractivity contribution is 7.85. The first kappa shape index (κ1) is 15.3. The molecule has 0 unspecified atom stereocenters. The molecule has 1 fully saturated rings. The van der Waals surface area contributed by atoms with Gasteiger partial charge in [-0.15, -0.1) is 0 Å². The van der Waals surface area contributed by atoms with Crippen LogP contribution in [0.3, 0.4) is 0 Å². The standard InChI is InChI=1S/C10H11FN4O5S/c11-9-6(2-4-21(18,19)20)14-12-5-7(9)15-3-1-8(16)13-10(15)17/h5H,1-4H2,(H,13,16,17)(H,18,19,20). The van der Waals surface area contributed by atoms with Crippen LogP contribution in [0, 0.1) is 5.82 Å². The number of anilines is 1. The number of imide groups is 1. The Labute approximate surface area is 118 Å². The Morgan fingerprint density at radius 3 is 2.76 bits per heavy atom. The smallest absolute Gasteiger partial charge is 0.289 e. The van der Waals surface area contributed by atoms with Crippen LogP contribution in [0.5, 0.6) is 0 Å². The molecule has 3 amide bonds. The minimum absolute atomic E-state index is 0.00779. The van der Waals surface area contributed by atoms with Gasteiger partial charge in [-0.05, 0) is 0 Å². The molecule has 2 N–H and O–H groups in total. The van der Waals surface area contributed by atoms with Crippen molar-refractivity contribution in [2.24, 2.45) is 0 Å². The molecule has 1 aromatic heterocycles. The van der Waals surface area contributed by atoms with Crippen LogP contribution in [-0.4, -0.2) is 47.4 Å². The predicted octanol–water partition coefficient (Wildman–Crippen LogP) is -0.508. The van der Waals surface area contributed by atoms with E-state index in [0.29, 0.717) is 0 Å². The molecule has 9 nitrogen and oxygen atoms in total.